The average molecular weight is 344 g/mol. The number of thiophene rings is 1. The second-order valence-corrected chi connectivity index (χ2v) is 7.66. The largest absolute Gasteiger partial charge is 0.326 e. The van der Waals surface area contributed by atoms with Crippen molar-refractivity contribution in [3.05, 3.63) is 20.8 Å². The molecule has 3 rings (SSSR count). The summed E-state index contributed by atoms with van der Waals surface area (Å²) in [6.07, 6.45) is 2.72. The summed E-state index contributed by atoms with van der Waals surface area (Å²) in [5.41, 5.74) is 6.28. The summed E-state index contributed by atoms with van der Waals surface area (Å²) >= 11 is 5.38. The fourth-order valence-corrected chi connectivity index (χ4v) is 5.22. The second-order valence-electron chi connectivity index (χ2n) is 5.80. The third kappa shape index (κ3) is 2.90. The molecule has 2 N–H and O–H groups in total. The van der Waals surface area contributed by atoms with Gasteiger partial charge in [-0.3, -0.25) is 9.80 Å². The van der Waals surface area contributed by atoms with Crippen LogP contribution in [-0.4, -0.2) is 48.1 Å². The van der Waals surface area contributed by atoms with Crippen molar-refractivity contribution in [1.82, 2.24) is 9.80 Å². The number of rotatable bonds is 3. The summed E-state index contributed by atoms with van der Waals surface area (Å²) in [5, 5.41) is 2.16. The van der Waals surface area contributed by atoms with Gasteiger partial charge in [0.1, 0.15) is 0 Å². The molecule has 2 fully saturated rings. The number of fused-ring (bicyclic) bond motifs is 1. The van der Waals surface area contributed by atoms with Gasteiger partial charge in [-0.2, -0.15) is 0 Å². The predicted molar refractivity (Wildman–Crippen MR) is 84.6 cm³/mol. The van der Waals surface area contributed by atoms with E-state index < -0.39 is 0 Å². The van der Waals surface area contributed by atoms with Crippen molar-refractivity contribution >= 4 is 27.3 Å². The highest BCUT2D eigenvalue weighted by Crippen LogP contribution is 2.34. The van der Waals surface area contributed by atoms with Crippen LogP contribution in [0.25, 0.3) is 0 Å². The van der Waals surface area contributed by atoms with Crippen LogP contribution in [0.4, 0.5) is 0 Å². The summed E-state index contributed by atoms with van der Waals surface area (Å²) in [6.45, 7) is 6.98. The number of halogens is 1. The Morgan fingerprint density at radius 3 is 2.95 bits per heavy atom. The highest BCUT2D eigenvalue weighted by Gasteiger charge is 2.35. The van der Waals surface area contributed by atoms with Gasteiger partial charge in [-0.25, -0.2) is 0 Å². The Kier molecular flexibility index (Phi) is 4.29. The number of nitrogens with zero attached hydrogens (tertiary/aromatic N) is 2. The molecule has 0 aromatic carbocycles. The van der Waals surface area contributed by atoms with E-state index in [1.54, 1.807) is 0 Å². The Morgan fingerprint density at radius 1 is 1.42 bits per heavy atom. The number of piperazine rings is 1. The van der Waals surface area contributed by atoms with Gasteiger partial charge in [-0.15, -0.1) is 11.3 Å². The quantitative estimate of drug-likeness (QED) is 0.915. The fraction of sp³-hybridized carbons (Fsp3) is 0.714. The summed E-state index contributed by atoms with van der Waals surface area (Å²) in [4.78, 5) is 6.66. The summed E-state index contributed by atoms with van der Waals surface area (Å²) in [7, 11) is 0. The molecule has 1 aromatic heterocycles. The van der Waals surface area contributed by atoms with E-state index in [0.29, 0.717) is 6.04 Å². The Morgan fingerprint density at radius 2 is 2.26 bits per heavy atom. The molecule has 2 saturated heterocycles. The zero-order chi connectivity index (χ0) is 13.4. The Hall–Kier alpha value is 0.0600. The van der Waals surface area contributed by atoms with Gasteiger partial charge in [-0.1, -0.05) is 0 Å². The summed E-state index contributed by atoms with van der Waals surface area (Å²) < 4.78 is 1.18. The molecule has 106 valence electrons. The van der Waals surface area contributed by atoms with E-state index in [2.05, 4.69) is 44.1 Å². The lowest BCUT2D eigenvalue weighted by atomic mass is 10.0. The molecule has 0 spiro atoms. The summed E-state index contributed by atoms with van der Waals surface area (Å²) in [6, 6.07) is 3.55. The van der Waals surface area contributed by atoms with Crippen molar-refractivity contribution < 1.29 is 0 Å². The van der Waals surface area contributed by atoms with Gasteiger partial charge in [0.2, 0.25) is 0 Å². The maximum Gasteiger partial charge on any atom is 0.0592 e. The van der Waals surface area contributed by atoms with Crippen molar-refractivity contribution in [3.8, 4) is 0 Å². The molecule has 3 atom stereocenters. The maximum absolute atomic E-state index is 6.28. The minimum atomic E-state index is 0.179. The molecule has 1 aromatic rings. The molecule has 3 nitrogen and oxygen atoms in total. The molecule has 0 radical (unpaired) electrons. The van der Waals surface area contributed by atoms with Gasteiger partial charge < -0.3 is 5.73 Å². The van der Waals surface area contributed by atoms with Crippen molar-refractivity contribution in [2.24, 2.45) is 5.73 Å². The number of nitrogens with two attached hydrogens (primary N) is 1. The molecule has 2 aliphatic heterocycles. The van der Waals surface area contributed by atoms with Crippen LogP contribution in [0.1, 0.15) is 30.7 Å². The zero-order valence-electron chi connectivity index (χ0n) is 11.4. The van der Waals surface area contributed by atoms with Crippen LogP contribution in [0.3, 0.4) is 0 Å². The van der Waals surface area contributed by atoms with Gasteiger partial charge in [-0.05, 0) is 48.3 Å². The molecule has 0 aliphatic carbocycles. The van der Waals surface area contributed by atoms with Crippen LogP contribution in [0.15, 0.2) is 15.9 Å². The van der Waals surface area contributed by atoms with Crippen LogP contribution in [0.2, 0.25) is 0 Å². The Bertz CT molecular complexity index is 434. The van der Waals surface area contributed by atoms with E-state index in [1.165, 1.54) is 41.8 Å². The lowest BCUT2D eigenvalue weighted by molar-refractivity contribution is 0.0648. The molecule has 3 unspecified atom stereocenters. The first kappa shape index (κ1) is 14.0. The SMILES string of the molecule is CC(N)C(c1cc(Br)cs1)N1CCN2CCCC2C1. The van der Waals surface area contributed by atoms with E-state index in [4.69, 9.17) is 5.73 Å². The maximum atomic E-state index is 6.28. The molecule has 0 saturated carbocycles. The van der Waals surface area contributed by atoms with Gasteiger partial charge in [0.15, 0.2) is 0 Å². The Labute approximate surface area is 127 Å². The predicted octanol–water partition coefficient (Wildman–Crippen LogP) is 2.68. The van der Waals surface area contributed by atoms with Crippen molar-refractivity contribution in [1.29, 1.82) is 0 Å². The van der Waals surface area contributed by atoms with Gasteiger partial charge in [0, 0.05) is 46.4 Å². The van der Waals surface area contributed by atoms with Crippen LogP contribution < -0.4 is 5.73 Å². The monoisotopic (exact) mass is 343 g/mol. The van der Waals surface area contributed by atoms with E-state index in [9.17, 15) is 0 Å². The third-order valence-corrected chi connectivity index (χ3v) is 6.15. The topological polar surface area (TPSA) is 32.5 Å². The van der Waals surface area contributed by atoms with Crippen LogP contribution in [0, 0.1) is 0 Å². The van der Waals surface area contributed by atoms with E-state index >= 15 is 0 Å². The average Bonchev–Trinajstić information content (AvgIpc) is 2.97. The molecule has 0 amide bonds. The Balaban J connectivity index is 1.77. The standard InChI is InChI=1S/C14H22BrN3S/c1-10(16)14(13-7-11(15)9-19-13)18-6-5-17-4-2-3-12(17)8-18/h7,9-10,12,14H,2-6,8,16H2,1H3. The van der Waals surface area contributed by atoms with Crippen molar-refractivity contribution in [2.45, 2.75) is 37.9 Å². The van der Waals surface area contributed by atoms with Gasteiger partial charge in [0.05, 0.1) is 6.04 Å². The molecule has 0 bridgehead atoms. The van der Waals surface area contributed by atoms with Gasteiger partial charge >= 0.3 is 0 Å². The normalized spacial score (nSPS) is 28.3. The second kappa shape index (κ2) is 5.82. The number of hydrogen-bond acceptors (Lipinski definition) is 4. The minimum Gasteiger partial charge on any atom is -0.326 e. The highest BCUT2D eigenvalue weighted by molar-refractivity contribution is 9.10. The molecule has 5 heteroatoms. The minimum absolute atomic E-state index is 0.179. The molecule has 19 heavy (non-hydrogen) atoms. The summed E-state index contributed by atoms with van der Waals surface area (Å²) in [5.74, 6) is 0. The van der Waals surface area contributed by atoms with E-state index in [1.807, 2.05) is 11.3 Å². The van der Waals surface area contributed by atoms with Crippen molar-refractivity contribution in [3.63, 3.8) is 0 Å². The number of hydrogen-bond donors (Lipinski definition) is 1. The molecular weight excluding hydrogens is 322 g/mol. The first-order valence-corrected chi connectivity index (χ1v) is 8.80. The van der Waals surface area contributed by atoms with Crippen LogP contribution in [0.5, 0.6) is 0 Å². The lowest BCUT2D eigenvalue weighted by Crippen LogP contribution is -2.53. The smallest absolute Gasteiger partial charge is 0.0592 e. The van der Waals surface area contributed by atoms with E-state index in [0.717, 1.165) is 12.6 Å². The van der Waals surface area contributed by atoms with E-state index in [-0.39, 0.29) is 6.04 Å². The first-order chi connectivity index (χ1) is 9.15. The first-order valence-electron chi connectivity index (χ1n) is 7.13. The molecule has 2 aliphatic rings. The molecule has 3 heterocycles. The van der Waals surface area contributed by atoms with Crippen LogP contribution >= 0.6 is 27.3 Å². The molecular formula is C14H22BrN3S. The van der Waals surface area contributed by atoms with Crippen molar-refractivity contribution in [2.75, 3.05) is 26.2 Å². The highest BCUT2D eigenvalue weighted by atomic mass is 79.9. The van der Waals surface area contributed by atoms with Crippen LogP contribution in [-0.2, 0) is 0 Å². The third-order valence-electron chi connectivity index (χ3n) is 4.39. The fourth-order valence-electron chi connectivity index (χ4n) is 3.52. The van der Waals surface area contributed by atoms with Gasteiger partial charge in [0.25, 0.3) is 0 Å². The lowest BCUT2D eigenvalue weighted by Gasteiger charge is -2.42. The zero-order valence-corrected chi connectivity index (χ0v) is 13.8.